The molecule has 1 aliphatic carbocycles. The van der Waals surface area contributed by atoms with Crippen molar-refractivity contribution in [2.75, 3.05) is 19.3 Å². The zero-order valence-electron chi connectivity index (χ0n) is 9.72. The van der Waals surface area contributed by atoms with Crippen LogP contribution in [-0.2, 0) is 4.79 Å². The van der Waals surface area contributed by atoms with E-state index in [2.05, 4.69) is 0 Å². The number of nitrogens with zero attached hydrogens (tertiary/aromatic N) is 2. The average molecular weight is 236 g/mol. The lowest BCUT2D eigenvalue weighted by molar-refractivity contribution is -0.118. The highest BCUT2D eigenvalue weighted by atomic mass is 16.2. The van der Waals surface area contributed by atoms with Gasteiger partial charge in [-0.15, -0.1) is 0 Å². The van der Waals surface area contributed by atoms with Gasteiger partial charge >= 0.3 is 0 Å². The minimum Gasteiger partial charge on any atom is -0.397 e. The summed E-state index contributed by atoms with van der Waals surface area (Å²) < 4.78 is 1.88. The Bertz CT molecular complexity index is 462. The molecular formula is C11H16N4O2. The van der Waals surface area contributed by atoms with Gasteiger partial charge in [0, 0.05) is 19.3 Å². The molecule has 0 atom stereocenters. The Morgan fingerprint density at radius 1 is 1.53 bits per heavy atom. The molecule has 0 aromatic carbocycles. The Morgan fingerprint density at radius 2 is 2.18 bits per heavy atom. The van der Waals surface area contributed by atoms with Crippen molar-refractivity contribution in [3.8, 4) is 0 Å². The fraction of sp³-hybridized carbons (Fsp3) is 0.455. The number of amides is 2. The monoisotopic (exact) mass is 236 g/mol. The van der Waals surface area contributed by atoms with Gasteiger partial charge in [-0.3, -0.25) is 9.59 Å². The fourth-order valence-corrected chi connectivity index (χ4v) is 1.83. The lowest BCUT2D eigenvalue weighted by Gasteiger charge is -2.16. The number of carbonyl (C=O) groups excluding carboxylic acids is 2. The first-order valence-corrected chi connectivity index (χ1v) is 5.50. The first-order chi connectivity index (χ1) is 7.99. The van der Waals surface area contributed by atoms with Crippen LogP contribution in [0, 0.1) is 0 Å². The van der Waals surface area contributed by atoms with E-state index in [-0.39, 0.29) is 12.5 Å². The highest BCUT2D eigenvalue weighted by molar-refractivity contribution is 5.95. The second kappa shape index (κ2) is 4.12. The molecule has 2 amide bonds. The van der Waals surface area contributed by atoms with Gasteiger partial charge in [-0.25, -0.2) is 0 Å². The normalized spacial score (nSPS) is 14.6. The number of nitrogens with two attached hydrogens (primary N) is 2. The van der Waals surface area contributed by atoms with Crippen molar-refractivity contribution < 1.29 is 9.59 Å². The third kappa shape index (κ3) is 2.41. The average Bonchev–Trinajstić information content (AvgIpc) is 3.00. The Morgan fingerprint density at radius 3 is 2.71 bits per heavy atom. The van der Waals surface area contributed by atoms with E-state index in [4.69, 9.17) is 11.5 Å². The molecule has 1 heterocycles. The fourth-order valence-electron chi connectivity index (χ4n) is 1.83. The summed E-state index contributed by atoms with van der Waals surface area (Å²) in [4.78, 5) is 24.2. The number of likely N-dealkylation sites (N-methyl/N-ethyl adjacent to an activating group) is 1. The van der Waals surface area contributed by atoms with Gasteiger partial charge in [0.1, 0.15) is 5.69 Å². The quantitative estimate of drug-likeness (QED) is 0.768. The largest absolute Gasteiger partial charge is 0.397 e. The van der Waals surface area contributed by atoms with Crippen molar-refractivity contribution in [1.29, 1.82) is 0 Å². The maximum atomic E-state index is 12.1. The Hall–Kier alpha value is -1.98. The number of nitrogen functional groups attached to an aromatic ring is 1. The SMILES string of the molecule is CN(CC(N)=O)C(=O)c1cc(N)cn1C1CC1. The molecule has 0 radical (unpaired) electrons. The van der Waals surface area contributed by atoms with Crippen LogP contribution in [0.3, 0.4) is 0 Å². The standard InChI is InChI=1S/C11H16N4O2/c1-14(6-10(13)16)11(17)9-4-7(12)5-15(9)8-2-3-8/h4-5,8H,2-3,6,12H2,1H3,(H2,13,16). The minimum absolute atomic E-state index is 0.0887. The molecule has 1 aromatic rings. The van der Waals surface area contributed by atoms with Crippen LogP contribution in [0.1, 0.15) is 29.4 Å². The zero-order valence-corrected chi connectivity index (χ0v) is 9.72. The van der Waals surface area contributed by atoms with Crippen LogP contribution < -0.4 is 11.5 Å². The summed E-state index contributed by atoms with van der Waals surface area (Å²) in [6, 6.07) is 2.01. The number of hydrogen-bond donors (Lipinski definition) is 2. The van der Waals surface area contributed by atoms with E-state index in [1.54, 1.807) is 19.3 Å². The maximum absolute atomic E-state index is 12.1. The summed E-state index contributed by atoms with van der Waals surface area (Å²) >= 11 is 0. The molecule has 6 heteroatoms. The summed E-state index contributed by atoms with van der Waals surface area (Å²) in [6.45, 7) is -0.0887. The van der Waals surface area contributed by atoms with E-state index in [1.807, 2.05) is 4.57 Å². The molecule has 92 valence electrons. The van der Waals surface area contributed by atoms with Gasteiger partial charge in [-0.05, 0) is 18.9 Å². The molecule has 1 fully saturated rings. The second-order valence-electron chi connectivity index (χ2n) is 4.42. The van der Waals surface area contributed by atoms with E-state index in [9.17, 15) is 9.59 Å². The van der Waals surface area contributed by atoms with Crippen molar-refractivity contribution in [3.63, 3.8) is 0 Å². The lowest BCUT2D eigenvalue weighted by atomic mass is 10.3. The molecule has 0 bridgehead atoms. The van der Waals surface area contributed by atoms with Gasteiger partial charge in [0.2, 0.25) is 5.91 Å². The molecule has 0 aliphatic heterocycles. The first-order valence-electron chi connectivity index (χ1n) is 5.50. The predicted molar refractivity (Wildman–Crippen MR) is 63.3 cm³/mol. The third-order valence-corrected chi connectivity index (χ3v) is 2.77. The Kier molecular flexibility index (Phi) is 2.79. The molecule has 1 saturated carbocycles. The van der Waals surface area contributed by atoms with Crippen molar-refractivity contribution >= 4 is 17.5 Å². The molecule has 17 heavy (non-hydrogen) atoms. The van der Waals surface area contributed by atoms with Crippen LogP contribution in [-0.4, -0.2) is 34.9 Å². The van der Waals surface area contributed by atoms with Crippen LogP contribution in [0.2, 0.25) is 0 Å². The van der Waals surface area contributed by atoms with Crippen molar-refractivity contribution in [1.82, 2.24) is 9.47 Å². The molecule has 0 spiro atoms. The van der Waals surface area contributed by atoms with E-state index in [0.29, 0.717) is 17.4 Å². The number of primary amides is 1. The second-order valence-corrected chi connectivity index (χ2v) is 4.42. The molecular weight excluding hydrogens is 220 g/mol. The third-order valence-electron chi connectivity index (χ3n) is 2.77. The van der Waals surface area contributed by atoms with Crippen molar-refractivity contribution in [2.45, 2.75) is 18.9 Å². The number of rotatable bonds is 4. The molecule has 1 aromatic heterocycles. The number of carbonyl (C=O) groups is 2. The van der Waals surface area contributed by atoms with Gasteiger partial charge in [0.05, 0.1) is 12.2 Å². The molecule has 0 saturated heterocycles. The summed E-state index contributed by atoms with van der Waals surface area (Å²) in [7, 11) is 1.55. The van der Waals surface area contributed by atoms with E-state index in [0.717, 1.165) is 12.8 Å². The van der Waals surface area contributed by atoms with Crippen LogP contribution in [0.25, 0.3) is 0 Å². The van der Waals surface area contributed by atoms with E-state index >= 15 is 0 Å². The summed E-state index contributed by atoms with van der Waals surface area (Å²) in [5.41, 5.74) is 11.8. The van der Waals surface area contributed by atoms with Crippen LogP contribution >= 0.6 is 0 Å². The lowest BCUT2D eigenvalue weighted by Crippen LogP contribution is -2.36. The number of aromatic nitrogens is 1. The summed E-state index contributed by atoms with van der Waals surface area (Å²) in [5, 5.41) is 0. The highest BCUT2D eigenvalue weighted by Crippen LogP contribution is 2.37. The molecule has 2 rings (SSSR count). The van der Waals surface area contributed by atoms with Gasteiger partial charge in [-0.2, -0.15) is 0 Å². The minimum atomic E-state index is -0.529. The van der Waals surface area contributed by atoms with Crippen molar-refractivity contribution in [2.24, 2.45) is 5.73 Å². The van der Waals surface area contributed by atoms with Crippen LogP contribution in [0.5, 0.6) is 0 Å². The molecule has 6 nitrogen and oxygen atoms in total. The summed E-state index contributed by atoms with van der Waals surface area (Å²) in [5.74, 6) is -0.759. The topological polar surface area (TPSA) is 94.3 Å². The maximum Gasteiger partial charge on any atom is 0.270 e. The van der Waals surface area contributed by atoms with Crippen molar-refractivity contribution in [3.05, 3.63) is 18.0 Å². The number of hydrogen-bond acceptors (Lipinski definition) is 3. The van der Waals surface area contributed by atoms with Crippen LogP contribution in [0.4, 0.5) is 5.69 Å². The zero-order chi connectivity index (χ0) is 12.6. The van der Waals surface area contributed by atoms with Crippen LogP contribution in [0.15, 0.2) is 12.3 Å². The molecule has 4 N–H and O–H groups in total. The van der Waals surface area contributed by atoms with Gasteiger partial charge in [0.15, 0.2) is 0 Å². The van der Waals surface area contributed by atoms with Gasteiger partial charge < -0.3 is 20.9 Å². The Balaban J connectivity index is 2.20. The summed E-state index contributed by atoms with van der Waals surface area (Å²) in [6.07, 6.45) is 3.89. The molecule has 0 unspecified atom stereocenters. The predicted octanol–water partition coefficient (Wildman–Crippen LogP) is -0.0375. The van der Waals surface area contributed by atoms with Gasteiger partial charge in [0.25, 0.3) is 5.91 Å². The van der Waals surface area contributed by atoms with Gasteiger partial charge in [-0.1, -0.05) is 0 Å². The first kappa shape index (κ1) is 11.5. The highest BCUT2D eigenvalue weighted by Gasteiger charge is 2.28. The van der Waals surface area contributed by atoms with E-state index < -0.39 is 5.91 Å². The number of anilines is 1. The van der Waals surface area contributed by atoms with E-state index in [1.165, 1.54) is 4.90 Å². The Labute approximate surface area is 99.2 Å². The molecule has 1 aliphatic rings. The smallest absolute Gasteiger partial charge is 0.270 e.